The Hall–Kier alpha value is -2.74. The number of urea groups is 1. The fraction of sp³-hybridized carbons (Fsp3) is 0.0556. The molecule has 0 unspecified atom stereocenters. The van der Waals surface area contributed by atoms with E-state index in [2.05, 4.69) is 32.3 Å². The molecule has 0 aliphatic rings. The lowest BCUT2D eigenvalue weighted by molar-refractivity contribution is 0.256. The number of nitriles is 1. The third-order valence-corrected chi connectivity index (χ3v) is 7.01. The molecule has 142 valence electrons. The van der Waals surface area contributed by atoms with Crippen molar-refractivity contribution < 1.29 is 13.2 Å². The number of pyridine rings is 1. The van der Waals surface area contributed by atoms with E-state index in [1.54, 1.807) is 18.2 Å². The Morgan fingerprint density at radius 2 is 1.93 bits per heavy atom. The van der Waals surface area contributed by atoms with Crippen LogP contribution in [0, 0.1) is 11.3 Å². The third kappa shape index (κ3) is 4.95. The molecular formula is C18H13BrN4O3S2. The first-order valence-corrected chi connectivity index (χ1v) is 11.0. The molecule has 0 aliphatic heterocycles. The second-order valence-electron chi connectivity index (χ2n) is 5.57. The fourth-order valence-electron chi connectivity index (χ4n) is 2.29. The van der Waals surface area contributed by atoms with Crippen LogP contribution in [0.4, 0.5) is 10.6 Å². The SMILES string of the molecule is N#CCc1ccc(-c2ccc(S(=O)(=O)NC(=O)Nc3cc(Br)ccn3)s2)cc1. The van der Waals surface area contributed by atoms with Gasteiger partial charge in [-0.2, -0.15) is 5.26 Å². The first kappa shape index (κ1) is 20.0. The number of nitrogens with zero attached hydrogens (tertiary/aromatic N) is 2. The summed E-state index contributed by atoms with van der Waals surface area (Å²) in [5.74, 6) is 0.214. The first-order chi connectivity index (χ1) is 13.4. The van der Waals surface area contributed by atoms with Crippen molar-refractivity contribution in [3.63, 3.8) is 0 Å². The second kappa shape index (κ2) is 8.52. The third-order valence-electron chi connectivity index (χ3n) is 3.56. The van der Waals surface area contributed by atoms with Crippen molar-refractivity contribution in [1.82, 2.24) is 9.71 Å². The van der Waals surface area contributed by atoms with Gasteiger partial charge in [-0.3, -0.25) is 5.32 Å². The zero-order valence-electron chi connectivity index (χ0n) is 14.2. The molecule has 2 amide bonds. The minimum Gasteiger partial charge on any atom is -0.291 e. The summed E-state index contributed by atoms with van der Waals surface area (Å²) >= 11 is 4.29. The minimum absolute atomic E-state index is 0.0148. The number of amides is 2. The van der Waals surface area contributed by atoms with E-state index in [1.807, 2.05) is 29.0 Å². The molecule has 2 aromatic heterocycles. The number of hydrogen-bond acceptors (Lipinski definition) is 6. The van der Waals surface area contributed by atoms with Crippen LogP contribution in [0.15, 0.2) is 63.4 Å². The van der Waals surface area contributed by atoms with Crippen LogP contribution in [-0.4, -0.2) is 19.4 Å². The Kier molecular flexibility index (Phi) is 6.08. The summed E-state index contributed by atoms with van der Waals surface area (Å²) in [7, 11) is -4.02. The molecule has 0 fully saturated rings. The van der Waals surface area contributed by atoms with Gasteiger partial charge in [0.1, 0.15) is 10.0 Å². The van der Waals surface area contributed by atoms with Crippen LogP contribution in [0.2, 0.25) is 0 Å². The summed E-state index contributed by atoms with van der Waals surface area (Å²) in [6.07, 6.45) is 1.79. The molecule has 7 nitrogen and oxygen atoms in total. The van der Waals surface area contributed by atoms with Crippen LogP contribution in [0.3, 0.4) is 0 Å². The van der Waals surface area contributed by atoms with E-state index in [-0.39, 0.29) is 10.0 Å². The zero-order chi connectivity index (χ0) is 20.1. The number of anilines is 1. The largest absolute Gasteiger partial charge is 0.334 e. The summed E-state index contributed by atoms with van der Waals surface area (Å²) in [5, 5.41) is 11.1. The molecule has 0 aliphatic carbocycles. The summed E-state index contributed by atoms with van der Waals surface area (Å²) in [4.78, 5) is 16.7. The molecule has 10 heteroatoms. The molecule has 28 heavy (non-hydrogen) atoms. The highest BCUT2D eigenvalue weighted by Gasteiger charge is 2.20. The van der Waals surface area contributed by atoms with Gasteiger partial charge in [0.05, 0.1) is 12.5 Å². The molecule has 0 saturated heterocycles. The first-order valence-electron chi connectivity index (χ1n) is 7.89. The van der Waals surface area contributed by atoms with Gasteiger partial charge < -0.3 is 0 Å². The van der Waals surface area contributed by atoms with Crippen LogP contribution in [-0.2, 0) is 16.4 Å². The quantitative estimate of drug-likeness (QED) is 0.574. The second-order valence-corrected chi connectivity index (χ2v) is 9.48. The molecule has 1 aromatic carbocycles. The molecule has 0 saturated carbocycles. The van der Waals surface area contributed by atoms with Gasteiger partial charge in [0.2, 0.25) is 0 Å². The van der Waals surface area contributed by atoms with Gasteiger partial charge in [0.25, 0.3) is 10.0 Å². The molecule has 2 N–H and O–H groups in total. The molecule has 3 rings (SSSR count). The molecule has 2 heterocycles. The molecule has 3 aromatic rings. The van der Waals surface area contributed by atoms with Crippen LogP contribution in [0.25, 0.3) is 10.4 Å². The Morgan fingerprint density at radius 3 is 2.61 bits per heavy atom. The van der Waals surface area contributed by atoms with Gasteiger partial charge in [-0.25, -0.2) is 22.9 Å². The van der Waals surface area contributed by atoms with Crippen molar-refractivity contribution in [2.24, 2.45) is 0 Å². The van der Waals surface area contributed by atoms with Crippen molar-refractivity contribution in [3.8, 4) is 16.5 Å². The Balaban J connectivity index is 1.72. The number of halogens is 1. The Morgan fingerprint density at radius 1 is 1.18 bits per heavy atom. The summed E-state index contributed by atoms with van der Waals surface area (Å²) in [6, 6.07) is 14.8. The fourth-order valence-corrected chi connectivity index (χ4v) is 4.84. The molecule has 0 bridgehead atoms. The Bertz CT molecular complexity index is 1150. The number of aromatic nitrogens is 1. The van der Waals surface area contributed by atoms with E-state index in [4.69, 9.17) is 5.26 Å². The zero-order valence-corrected chi connectivity index (χ0v) is 17.4. The number of carbonyl (C=O) groups excluding carboxylic acids is 1. The van der Waals surface area contributed by atoms with Gasteiger partial charge in [0.15, 0.2) is 0 Å². The van der Waals surface area contributed by atoms with Gasteiger partial charge in [-0.15, -0.1) is 11.3 Å². The van der Waals surface area contributed by atoms with E-state index in [9.17, 15) is 13.2 Å². The monoisotopic (exact) mass is 476 g/mol. The van der Waals surface area contributed by atoms with E-state index >= 15 is 0 Å². The number of rotatable bonds is 5. The van der Waals surface area contributed by atoms with Crippen molar-refractivity contribution >= 4 is 49.1 Å². The maximum Gasteiger partial charge on any atom is 0.334 e. The van der Waals surface area contributed by atoms with Crippen LogP contribution in [0.1, 0.15) is 5.56 Å². The lowest BCUT2D eigenvalue weighted by atomic mass is 10.1. The van der Waals surface area contributed by atoms with E-state index in [0.29, 0.717) is 10.9 Å². The predicted octanol–water partition coefficient (Wildman–Crippen LogP) is 4.15. The van der Waals surface area contributed by atoms with Crippen molar-refractivity contribution in [3.05, 3.63) is 64.8 Å². The van der Waals surface area contributed by atoms with E-state index in [1.165, 1.54) is 12.3 Å². The number of hydrogen-bond donors (Lipinski definition) is 2. The van der Waals surface area contributed by atoms with Crippen molar-refractivity contribution in [2.75, 3.05) is 5.32 Å². The number of nitrogens with one attached hydrogen (secondary N) is 2. The topological polar surface area (TPSA) is 112 Å². The molecular weight excluding hydrogens is 464 g/mol. The average molecular weight is 477 g/mol. The molecule has 0 atom stereocenters. The van der Waals surface area contributed by atoms with Gasteiger partial charge in [-0.1, -0.05) is 40.2 Å². The average Bonchev–Trinajstić information content (AvgIpc) is 3.13. The normalized spacial score (nSPS) is 10.9. The lowest BCUT2D eigenvalue weighted by Gasteiger charge is -2.07. The Labute approximate surface area is 174 Å². The molecule has 0 radical (unpaired) electrons. The maximum atomic E-state index is 12.5. The van der Waals surface area contributed by atoms with E-state index < -0.39 is 16.1 Å². The molecule has 0 spiro atoms. The standard InChI is InChI=1S/C18H13BrN4O3S2/c19-14-8-10-21-16(11-14)22-18(24)23-28(25,26)17-6-5-15(27-17)13-3-1-12(2-4-13)7-9-20/h1-6,8,10-11H,7H2,(H2,21,22,23,24). The highest BCUT2D eigenvalue weighted by molar-refractivity contribution is 9.10. The summed E-state index contributed by atoms with van der Waals surface area (Å²) in [5.41, 5.74) is 1.71. The smallest absolute Gasteiger partial charge is 0.291 e. The maximum absolute atomic E-state index is 12.5. The van der Waals surface area contributed by atoms with Gasteiger partial charge in [0, 0.05) is 15.5 Å². The number of sulfonamides is 1. The van der Waals surface area contributed by atoms with Crippen LogP contribution in [0.5, 0.6) is 0 Å². The highest BCUT2D eigenvalue weighted by atomic mass is 79.9. The lowest BCUT2D eigenvalue weighted by Crippen LogP contribution is -2.34. The number of benzene rings is 1. The van der Waals surface area contributed by atoms with E-state index in [0.717, 1.165) is 27.3 Å². The highest BCUT2D eigenvalue weighted by Crippen LogP contribution is 2.31. The van der Waals surface area contributed by atoms with Gasteiger partial charge in [-0.05, 0) is 35.4 Å². The van der Waals surface area contributed by atoms with Crippen molar-refractivity contribution in [1.29, 1.82) is 5.26 Å². The number of carbonyl (C=O) groups is 1. The van der Waals surface area contributed by atoms with Gasteiger partial charge >= 0.3 is 6.03 Å². The minimum atomic E-state index is -4.02. The van der Waals surface area contributed by atoms with Crippen molar-refractivity contribution in [2.45, 2.75) is 10.6 Å². The number of thiophene rings is 1. The van der Waals surface area contributed by atoms with Crippen LogP contribution >= 0.6 is 27.3 Å². The van der Waals surface area contributed by atoms with Crippen LogP contribution < -0.4 is 10.0 Å². The predicted molar refractivity (Wildman–Crippen MR) is 110 cm³/mol. The summed E-state index contributed by atoms with van der Waals surface area (Å²) < 4.78 is 27.6. The summed E-state index contributed by atoms with van der Waals surface area (Å²) in [6.45, 7) is 0.